The number of nitrogens with one attached hydrogen (secondary N) is 1. The van der Waals surface area contributed by atoms with Crippen LogP contribution in [0.3, 0.4) is 0 Å². The van der Waals surface area contributed by atoms with E-state index in [-0.39, 0.29) is 12.7 Å². The molecule has 1 N–H and O–H groups in total. The van der Waals surface area contributed by atoms with Gasteiger partial charge in [0.1, 0.15) is 18.3 Å². The van der Waals surface area contributed by atoms with E-state index in [1.807, 2.05) is 0 Å². The van der Waals surface area contributed by atoms with Gasteiger partial charge in [-0.25, -0.2) is 22.4 Å². The molecule has 1 aromatic heterocycles. The molecule has 0 bridgehead atoms. The lowest BCUT2D eigenvalue weighted by Gasteiger charge is -2.49. The van der Waals surface area contributed by atoms with E-state index in [9.17, 15) is 27.2 Å². The minimum absolute atomic E-state index is 0.00730. The molecule has 38 heavy (non-hydrogen) atoms. The van der Waals surface area contributed by atoms with Gasteiger partial charge in [0.05, 0.1) is 12.1 Å². The van der Waals surface area contributed by atoms with Gasteiger partial charge in [0, 0.05) is 18.5 Å². The molecule has 0 saturated carbocycles. The lowest BCUT2D eigenvalue weighted by molar-refractivity contribution is -0.146. The number of benzene rings is 2. The Labute approximate surface area is 219 Å². The van der Waals surface area contributed by atoms with Crippen molar-refractivity contribution in [2.45, 2.75) is 18.1 Å². The first-order valence-electron chi connectivity index (χ1n) is 11.3. The highest BCUT2D eigenvalue weighted by Gasteiger charge is 2.56. The second kappa shape index (κ2) is 10.2. The molecular formula is C26H18F4N4O3S. The third-order valence-electron chi connectivity index (χ3n) is 6.24. The van der Waals surface area contributed by atoms with E-state index < -0.39 is 64.2 Å². The molecule has 3 aromatic rings. The molecule has 2 aliphatic rings. The zero-order chi connectivity index (χ0) is 27.0. The Morgan fingerprint density at radius 1 is 1.05 bits per heavy atom. The van der Waals surface area contributed by atoms with E-state index >= 15 is 0 Å². The second-order valence-electron chi connectivity index (χ2n) is 8.47. The summed E-state index contributed by atoms with van der Waals surface area (Å²) in [6, 6.07) is 9.88. The Morgan fingerprint density at radius 3 is 2.42 bits per heavy atom. The van der Waals surface area contributed by atoms with Gasteiger partial charge in [-0.1, -0.05) is 48.6 Å². The lowest BCUT2D eigenvalue weighted by Crippen LogP contribution is -2.72. The van der Waals surface area contributed by atoms with Crippen molar-refractivity contribution < 1.29 is 31.9 Å². The highest BCUT2D eigenvalue weighted by molar-refractivity contribution is 7.80. The van der Waals surface area contributed by atoms with Crippen LogP contribution in [0, 0.1) is 23.3 Å². The number of carbonyl (C=O) groups excluding carboxylic acids is 2. The van der Waals surface area contributed by atoms with Gasteiger partial charge in [0.2, 0.25) is 0 Å². The van der Waals surface area contributed by atoms with Crippen LogP contribution < -0.4 is 5.32 Å². The van der Waals surface area contributed by atoms with E-state index in [0.717, 1.165) is 10.5 Å². The summed E-state index contributed by atoms with van der Waals surface area (Å²) in [6.45, 7) is 0.00730. The molecule has 2 aromatic carbocycles. The van der Waals surface area contributed by atoms with Gasteiger partial charge in [-0.05, 0) is 29.4 Å². The number of pyridine rings is 1. The summed E-state index contributed by atoms with van der Waals surface area (Å²) in [5, 5.41) is 1.60. The molecule has 7 nitrogen and oxygen atoms in total. The smallest absolute Gasteiger partial charge is 0.411 e. The fourth-order valence-corrected chi connectivity index (χ4v) is 4.72. The largest absolute Gasteiger partial charge is 0.447 e. The second-order valence-corrected chi connectivity index (χ2v) is 8.86. The van der Waals surface area contributed by atoms with Crippen molar-refractivity contribution in [1.29, 1.82) is 0 Å². The molecule has 2 amide bonds. The van der Waals surface area contributed by atoms with Crippen molar-refractivity contribution >= 4 is 41.1 Å². The molecule has 0 spiro atoms. The monoisotopic (exact) mass is 542 g/mol. The van der Waals surface area contributed by atoms with E-state index in [1.54, 1.807) is 67.0 Å². The summed E-state index contributed by atoms with van der Waals surface area (Å²) in [5.41, 5.74) is 0.221. The number of thiocarbonyl (C=S) groups is 1. The van der Waals surface area contributed by atoms with Crippen LogP contribution in [0.2, 0.25) is 0 Å². The van der Waals surface area contributed by atoms with Gasteiger partial charge in [0.15, 0.2) is 28.4 Å². The van der Waals surface area contributed by atoms with E-state index in [0.29, 0.717) is 5.56 Å². The number of β-lactam (4-membered cyclic amide) rings is 1. The molecule has 0 radical (unpaired) electrons. The summed E-state index contributed by atoms with van der Waals surface area (Å²) in [5.74, 6) is -7.36. The molecule has 2 fully saturated rings. The number of aromatic nitrogens is 1. The Bertz CT molecular complexity index is 1420. The van der Waals surface area contributed by atoms with Crippen LogP contribution in [-0.2, 0) is 9.53 Å². The van der Waals surface area contributed by atoms with Gasteiger partial charge in [0.25, 0.3) is 5.91 Å². The fourth-order valence-electron chi connectivity index (χ4n) is 4.41. The number of likely N-dealkylation sites (tertiary alicyclic amines) is 1. The predicted octanol–water partition coefficient (Wildman–Crippen LogP) is 4.82. The summed E-state index contributed by atoms with van der Waals surface area (Å²) < 4.78 is 61.2. The summed E-state index contributed by atoms with van der Waals surface area (Å²) in [6.07, 6.45) is 5.62. The van der Waals surface area contributed by atoms with Crippen molar-refractivity contribution in [1.82, 2.24) is 14.8 Å². The van der Waals surface area contributed by atoms with Crippen molar-refractivity contribution in [3.05, 3.63) is 101 Å². The number of halogens is 4. The Kier molecular flexibility index (Phi) is 6.81. The molecule has 194 valence electrons. The molecule has 12 heteroatoms. The van der Waals surface area contributed by atoms with Crippen LogP contribution in [-0.4, -0.2) is 50.6 Å². The molecular weight excluding hydrogens is 524 g/mol. The quantitative estimate of drug-likeness (QED) is 0.216. The number of anilines is 1. The van der Waals surface area contributed by atoms with Gasteiger partial charge >= 0.3 is 6.09 Å². The third kappa shape index (κ3) is 4.47. The number of amides is 2. The third-order valence-corrected chi connectivity index (χ3v) is 6.54. The molecule has 5 rings (SSSR count). The maximum atomic E-state index is 14.3. The van der Waals surface area contributed by atoms with Crippen LogP contribution in [0.25, 0.3) is 6.08 Å². The number of nitrogens with zero attached hydrogens (tertiary/aromatic N) is 3. The SMILES string of the molecule is O=C1C(N2C(=O)OC[C@@H]2c2ccccc2)[C@@H](/C=C/c2cccnc2)N1C(=S)Nc1c(F)c(F)cc(F)c1F. The van der Waals surface area contributed by atoms with Gasteiger partial charge in [-0.15, -0.1) is 0 Å². The molecule has 2 saturated heterocycles. The first-order valence-corrected chi connectivity index (χ1v) is 11.7. The summed E-state index contributed by atoms with van der Waals surface area (Å²) in [4.78, 5) is 32.4. The number of cyclic esters (lactones) is 1. The zero-order valence-electron chi connectivity index (χ0n) is 19.4. The fraction of sp³-hybridized carbons (Fsp3) is 0.154. The minimum Gasteiger partial charge on any atom is -0.447 e. The maximum Gasteiger partial charge on any atom is 0.411 e. The lowest BCUT2D eigenvalue weighted by atomic mass is 9.91. The summed E-state index contributed by atoms with van der Waals surface area (Å²) in [7, 11) is 0. The number of ether oxygens (including phenoxy) is 1. The Balaban J connectivity index is 1.49. The molecule has 3 heterocycles. The number of carbonyl (C=O) groups is 2. The summed E-state index contributed by atoms with van der Waals surface area (Å²) >= 11 is 5.21. The topological polar surface area (TPSA) is 74.8 Å². The van der Waals surface area contributed by atoms with Crippen LogP contribution in [0.4, 0.5) is 28.0 Å². The number of rotatable bonds is 5. The van der Waals surface area contributed by atoms with Gasteiger partial charge in [-0.3, -0.25) is 19.6 Å². The first-order chi connectivity index (χ1) is 18.3. The van der Waals surface area contributed by atoms with E-state index in [1.165, 1.54) is 4.90 Å². The van der Waals surface area contributed by atoms with E-state index in [4.69, 9.17) is 17.0 Å². The van der Waals surface area contributed by atoms with Crippen LogP contribution in [0.15, 0.2) is 67.0 Å². The van der Waals surface area contributed by atoms with E-state index in [2.05, 4.69) is 10.3 Å². The van der Waals surface area contributed by atoms with Crippen molar-refractivity contribution in [2.24, 2.45) is 0 Å². The van der Waals surface area contributed by atoms with Crippen LogP contribution in [0.1, 0.15) is 17.2 Å². The average Bonchev–Trinajstić information content (AvgIpc) is 3.29. The normalized spacial score (nSPS) is 21.0. The average molecular weight is 543 g/mol. The van der Waals surface area contributed by atoms with Crippen LogP contribution >= 0.6 is 12.2 Å². The Morgan fingerprint density at radius 2 is 1.76 bits per heavy atom. The maximum absolute atomic E-state index is 14.3. The molecule has 3 atom stereocenters. The minimum atomic E-state index is -1.70. The van der Waals surface area contributed by atoms with Crippen molar-refractivity contribution in [3.63, 3.8) is 0 Å². The molecule has 0 aliphatic carbocycles. The highest BCUT2D eigenvalue weighted by Crippen LogP contribution is 2.38. The van der Waals surface area contributed by atoms with Crippen molar-refractivity contribution in [2.75, 3.05) is 11.9 Å². The molecule has 1 unspecified atom stereocenters. The first kappa shape index (κ1) is 25.3. The predicted molar refractivity (Wildman–Crippen MR) is 133 cm³/mol. The van der Waals surface area contributed by atoms with Gasteiger partial charge < -0.3 is 10.1 Å². The van der Waals surface area contributed by atoms with Gasteiger partial charge in [-0.2, -0.15) is 0 Å². The Hall–Kier alpha value is -4.32. The van der Waals surface area contributed by atoms with Crippen LogP contribution in [0.5, 0.6) is 0 Å². The van der Waals surface area contributed by atoms with Crippen molar-refractivity contribution in [3.8, 4) is 0 Å². The number of hydrogen-bond acceptors (Lipinski definition) is 5. The highest BCUT2D eigenvalue weighted by atomic mass is 32.1. The molecule has 2 aliphatic heterocycles. The zero-order valence-corrected chi connectivity index (χ0v) is 20.2. The number of hydrogen-bond donors (Lipinski definition) is 1. The standard InChI is InChI=1S/C26H18F4N4O3S/c27-16-11-17(28)21(30)22(20(16)29)32-25(38)34-18(9-8-14-5-4-10-31-12-14)23(24(34)35)33-19(13-37-26(33)36)15-6-2-1-3-7-15/h1-12,18-19,23H,13H2,(H,32,38)/b9-8+/t18-,19-,23?/m1/s1.